The summed E-state index contributed by atoms with van der Waals surface area (Å²) in [4.78, 5) is 4.54. The van der Waals surface area contributed by atoms with E-state index in [1.54, 1.807) is 10.6 Å². The molecule has 0 spiro atoms. The summed E-state index contributed by atoms with van der Waals surface area (Å²) < 4.78 is 23.1. The van der Waals surface area contributed by atoms with Gasteiger partial charge in [0, 0.05) is 22.9 Å². The van der Waals surface area contributed by atoms with Crippen LogP contribution in [0, 0.1) is 12.7 Å². The Labute approximate surface area is 195 Å². The molecule has 3 aromatic heterocycles. The maximum atomic E-state index is 15.3. The van der Waals surface area contributed by atoms with Crippen molar-refractivity contribution in [2.45, 2.75) is 25.7 Å². The van der Waals surface area contributed by atoms with Crippen molar-refractivity contribution in [2.75, 3.05) is 13.1 Å². The molecule has 0 unspecified atom stereocenters. The van der Waals surface area contributed by atoms with E-state index in [4.69, 9.17) is 4.74 Å². The molecule has 6 rings (SSSR count). The van der Waals surface area contributed by atoms with Gasteiger partial charge in [0.2, 0.25) is 0 Å². The number of nitrogens with one attached hydrogen (secondary N) is 1. The fourth-order valence-corrected chi connectivity index (χ4v) is 4.48. The summed E-state index contributed by atoms with van der Waals surface area (Å²) in [5.41, 5.74) is 3.91. The van der Waals surface area contributed by atoms with E-state index >= 15 is 4.39 Å². The number of rotatable bonds is 4. The molecule has 170 valence electrons. The van der Waals surface area contributed by atoms with Gasteiger partial charge in [-0.05, 0) is 63.2 Å². The first kappa shape index (κ1) is 20.7. The lowest BCUT2D eigenvalue weighted by molar-refractivity contribution is 0.451. The lowest BCUT2D eigenvalue weighted by atomic mass is 9.93. The van der Waals surface area contributed by atoms with Crippen LogP contribution in [0.5, 0.6) is 11.5 Å². The van der Waals surface area contributed by atoms with E-state index in [9.17, 15) is 0 Å². The summed E-state index contributed by atoms with van der Waals surface area (Å²) in [6.07, 6.45) is 3.79. The van der Waals surface area contributed by atoms with Gasteiger partial charge < -0.3 is 10.1 Å². The summed E-state index contributed by atoms with van der Waals surface area (Å²) in [5, 5.41) is 17.3. The van der Waals surface area contributed by atoms with E-state index in [1.165, 1.54) is 6.07 Å². The largest absolute Gasteiger partial charge is 0.453 e. The molecule has 0 amide bonds. The Kier molecular flexibility index (Phi) is 5.15. The van der Waals surface area contributed by atoms with Crippen LogP contribution in [0.1, 0.15) is 30.1 Å². The van der Waals surface area contributed by atoms with Crippen molar-refractivity contribution >= 4 is 16.6 Å². The molecule has 2 aromatic carbocycles. The molecular weight excluding hydrogens is 431 g/mol. The van der Waals surface area contributed by atoms with Crippen LogP contribution in [-0.4, -0.2) is 37.9 Å². The number of aromatic nitrogens is 5. The smallest absolute Gasteiger partial charge is 0.197 e. The molecule has 5 aromatic rings. The van der Waals surface area contributed by atoms with Crippen LogP contribution < -0.4 is 10.1 Å². The Hall–Kier alpha value is -3.91. The SMILES string of the molecule is Cc1cn2nc(-c3cc(F)c4cc(C5CCNCC5)nnc4c3)cc(Oc3ccccc3)c2n1. The highest BCUT2D eigenvalue weighted by molar-refractivity contribution is 5.84. The topological polar surface area (TPSA) is 77.2 Å². The Bertz CT molecular complexity index is 1490. The van der Waals surface area contributed by atoms with E-state index in [0.29, 0.717) is 45.2 Å². The number of benzene rings is 2. The molecule has 1 aliphatic heterocycles. The minimum atomic E-state index is -0.341. The highest BCUT2D eigenvalue weighted by Crippen LogP contribution is 2.32. The normalized spacial score (nSPS) is 14.6. The van der Waals surface area contributed by atoms with Gasteiger partial charge in [0.1, 0.15) is 11.6 Å². The molecule has 0 aliphatic carbocycles. The van der Waals surface area contributed by atoms with Crippen LogP contribution in [0.2, 0.25) is 0 Å². The second-order valence-corrected chi connectivity index (χ2v) is 8.64. The Morgan fingerprint density at radius 1 is 1.03 bits per heavy atom. The summed E-state index contributed by atoms with van der Waals surface area (Å²) in [7, 11) is 0. The lowest BCUT2D eigenvalue weighted by Crippen LogP contribution is -2.27. The van der Waals surface area contributed by atoms with Gasteiger partial charge in [-0.2, -0.15) is 15.3 Å². The van der Waals surface area contributed by atoms with Gasteiger partial charge in [-0.3, -0.25) is 0 Å². The predicted molar refractivity (Wildman–Crippen MR) is 128 cm³/mol. The predicted octanol–water partition coefficient (Wildman–Crippen LogP) is 5.05. The molecule has 1 aliphatic rings. The maximum absolute atomic E-state index is 15.3. The number of piperidine rings is 1. The lowest BCUT2D eigenvalue weighted by Gasteiger charge is -2.21. The van der Waals surface area contributed by atoms with Crippen molar-refractivity contribution in [3.05, 3.63) is 78.0 Å². The maximum Gasteiger partial charge on any atom is 0.197 e. The number of hydrogen-bond donors (Lipinski definition) is 1. The van der Waals surface area contributed by atoms with E-state index in [-0.39, 0.29) is 5.82 Å². The number of halogens is 1. The molecule has 0 radical (unpaired) electrons. The van der Waals surface area contributed by atoms with Gasteiger partial charge in [0.15, 0.2) is 11.4 Å². The minimum absolute atomic E-state index is 0.309. The fourth-order valence-electron chi connectivity index (χ4n) is 4.48. The average Bonchev–Trinajstić information content (AvgIpc) is 3.25. The molecule has 0 atom stereocenters. The van der Waals surface area contributed by atoms with Gasteiger partial charge in [0.05, 0.1) is 28.8 Å². The van der Waals surface area contributed by atoms with Gasteiger partial charge >= 0.3 is 0 Å². The monoisotopic (exact) mass is 454 g/mol. The third kappa shape index (κ3) is 3.86. The summed E-state index contributed by atoms with van der Waals surface area (Å²) in [5.74, 6) is 1.19. The average molecular weight is 455 g/mol. The van der Waals surface area contributed by atoms with Gasteiger partial charge in [-0.1, -0.05) is 18.2 Å². The standard InChI is InChI=1S/C26H23FN6O/c1-16-15-33-26(29-16)25(34-19-5-3-2-4-6-19)14-23(32-33)18-11-21(27)20-13-22(30-31-24(20)12-18)17-7-9-28-10-8-17/h2-6,11-15,17,28H,7-10H2,1H3. The summed E-state index contributed by atoms with van der Waals surface area (Å²) in [6.45, 7) is 3.79. The highest BCUT2D eigenvalue weighted by atomic mass is 19.1. The fraction of sp³-hybridized carbons (Fsp3) is 0.231. The number of para-hydroxylation sites is 1. The highest BCUT2D eigenvalue weighted by Gasteiger charge is 2.19. The molecule has 4 heterocycles. The Morgan fingerprint density at radius 2 is 1.85 bits per heavy atom. The second-order valence-electron chi connectivity index (χ2n) is 8.64. The summed E-state index contributed by atoms with van der Waals surface area (Å²) in [6, 6.07) is 16.4. The van der Waals surface area contributed by atoms with Crippen LogP contribution in [0.15, 0.2) is 60.8 Å². The van der Waals surface area contributed by atoms with Crippen LogP contribution in [0.4, 0.5) is 4.39 Å². The van der Waals surface area contributed by atoms with Gasteiger partial charge in [-0.15, -0.1) is 0 Å². The zero-order valence-electron chi connectivity index (χ0n) is 18.7. The van der Waals surface area contributed by atoms with E-state index in [2.05, 4.69) is 25.6 Å². The van der Waals surface area contributed by atoms with Crippen molar-refractivity contribution in [1.82, 2.24) is 30.1 Å². The Morgan fingerprint density at radius 3 is 2.68 bits per heavy atom. The molecule has 0 saturated carbocycles. The first-order chi connectivity index (χ1) is 16.6. The first-order valence-corrected chi connectivity index (χ1v) is 11.4. The van der Waals surface area contributed by atoms with Crippen molar-refractivity contribution in [1.29, 1.82) is 0 Å². The third-order valence-electron chi connectivity index (χ3n) is 6.21. The summed E-state index contributed by atoms with van der Waals surface area (Å²) >= 11 is 0. The van der Waals surface area contributed by atoms with Crippen LogP contribution in [-0.2, 0) is 0 Å². The second kappa shape index (κ2) is 8.46. The van der Waals surface area contributed by atoms with Crippen LogP contribution in [0.3, 0.4) is 0 Å². The quantitative estimate of drug-likeness (QED) is 0.410. The van der Waals surface area contributed by atoms with Gasteiger partial charge in [0.25, 0.3) is 0 Å². The van der Waals surface area contributed by atoms with E-state index in [1.807, 2.05) is 55.6 Å². The molecule has 34 heavy (non-hydrogen) atoms. The minimum Gasteiger partial charge on any atom is -0.453 e. The zero-order chi connectivity index (χ0) is 23.1. The molecule has 1 N–H and O–H groups in total. The zero-order valence-corrected chi connectivity index (χ0v) is 18.7. The number of aryl methyl sites for hydroxylation is 1. The number of nitrogens with zero attached hydrogens (tertiary/aromatic N) is 5. The Balaban J connectivity index is 1.43. The van der Waals surface area contributed by atoms with Crippen molar-refractivity contribution in [3.8, 4) is 22.8 Å². The third-order valence-corrected chi connectivity index (χ3v) is 6.21. The van der Waals surface area contributed by atoms with Gasteiger partial charge in [-0.25, -0.2) is 13.9 Å². The number of hydrogen-bond acceptors (Lipinski definition) is 6. The van der Waals surface area contributed by atoms with Crippen molar-refractivity contribution in [2.24, 2.45) is 0 Å². The van der Waals surface area contributed by atoms with E-state index in [0.717, 1.165) is 37.3 Å². The molecular formula is C26H23FN6O. The van der Waals surface area contributed by atoms with Crippen molar-refractivity contribution in [3.63, 3.8) is 0 Å². The first-order valence-electron chi connectivity index (χ1n) is 11.4. The van der Waals surface area contributed by atoms with Crippen LogP contribution in [0.25, 0.3) is 27.8 Å². The van der Waals surface area contributed by atoms with E-state index < -0.39 is 0 Å². The number of imidazole rings is 1. The molecule has 1 fully saturated rings. The molecule has 8 heteroatoms. The number of fused-ring (bicyclic) bond motifs is 2. The van der Waals surface area contributed by atoms with Crippen molar-refractivity contribution < 1.29 is 9.13 Å². The van der Waals surface area contributed by atoms with Crippen LogP contribution >= 0.6 is 0 Å². The number of ether oxygens (including phenoxy) is 1. The molecule has 7 nitrogen and oxygen atoms in total. The molecule has 1 saturated heterocycles. The molecule has 0 bridgehead atoms.